The van der Waals surface area contributed by atoms with Crippen LogP contribution in [0.5, 0.6) is 0 Å². The summed E-state index contributed by atoms with van der Waals surface area (Å²) in [5, 5.41) is 14.2. The molecular weight excluding hydrogens is 372 g/mol. The van der Waals surface area contributed by atoms with E-state index in [2.05, 4.69) is 20.6 Å². The zero-order valence-corrected chi connectivity index (χ0v) is 16.9. The molecule has 1 saturated carbocycles. The van der Waals surface area contributed by atoms with Gasteiger partial charge in [0.25, 0.3) is 0 Å². The second-order valence-electron chi connectivity index (χ2n) is 8.24. The van der Waals surface area contributed by atoms with Gasteiger partial charge < -0.3 is 15.0 Å². The van der Waals surface area contributed by atoms with Crippen LogP contribution in [0.3, 0.4) is 0 Å². The van der Waals surface area contributed by atoms with Crippen molar-refractivity contribution < 1.29 is 14.3 Å². The van der Waals surface area contributed by atoms with E-state index in [0.29, 0.717) is 30.3 Å². The standard InChI is InChI=1S/C20H28N6O3/c1-13-5-6-26(13)20(28)29-12-14-3-4-16(7-14)17-9-18(24-23-17)22-19(27)8-15-10-21-25(2)11-15/h9-11,13-14,16H,3-8,12H2,1-2H3,(H2,22,23,24,27)/t13-,14-,16+/m1/s1. The Balaban J connectivity index is 1.23. The number of ether oxygens (including phenoxy) is 1. The van der Waals surface area contributed by atoms with Gasteiger partial charge in [0, 0.05) is 43.5 Å². The van der Waals surface area contributed by atoms with E-state index in [0.717, 1.165) is 43.5 Å². The highest BCUT2D eigenvalue weighted by molar-refractivity contribution is 5.91. The highest BCUT2D eigenvalue weighted by Crippen LogP contribution is 2.38. The van der Waals surface area contributed by atoms with Crippen LogP contribution in [0.1, 0.15) is 49.8 Å². The average Bonchev–Trinajstić information content (AvgIpc) is 3.40. The lowest BCUT2D eigenvalue weighted by atomic mass is 10.0. The fraction of sp³-hybridized carbons (Fsp3) is 0.600. The molecule has 3 heterocycles. The molecule has 4 rings (SSSR count). The molecule has 9 nitrogen and oxygen atoms in total. The van der Waals surface area contributed by atoms with E-state index < -0.39 is 0 Å². The fourth-order valence-corrected chi connectivity index (χ4v) is 4.11. The van der Waals surface area contributed by atoms with Crippen LogP contribution in [0.15, 0.2) is 18.5 Å². The van der Waals surface area contributed by atoms with Crippen molar-refractivity contribution in [3.8, 4) is 0 Å². The number of H-pyrrole nitrogens is 1. The maximum Gasteiger partial charge on any atom is 0.410 e. The van der Waals surface area contributed by atoms with E-state index in [1.165, 1.54) is 0 Å². The molecule has 0 radical (unpaired) electrons. The minimum Gasteiger partial charge on any atom is -0.449 e. The lowest BCUT2D eigenvalue weighted by Gasteiger charge is -2.37. The van der Waals surface area contributed by atoms with Gasteiger partial charge in [0.15, 0.2) is 5.82 Å². The molecule has 1 aliphatic heterocycles. The van der Waals surface area contributed by atoms with Gasteiger partial charge in [-0.15, -0.1) is 0 Å². The Morgan fingerprint density at radius 3 is 2.90 bits per heavy atom. The van der Waals surface area contributed by atoms with Gasteiger partial charge in [-0.1, -0.05) is 0 Å². The summed E-state index contributed by atoms with van der Waals surface area (Å²) in [6.45, 7) is 3.32. The number of aromatic nitrogens is 4. The first-order chi connectivity index (χ1) is 14.0. The van der Waals surface area contributed by atoms with Gasteiger partial charge in [-0.3, -0.25) is 14.6 Å². The Morgan fingerprint density at radius 1 is 1.34 bits per heavy atom. The van der Waals surface area contributed by atoms with Crippen molar-refractivity contribution in [1.82, 2.24) is 24.9 Å². The zero-order valence-electron chi connectivity index (χ0n) is 16.9. The van der Waals surface area contributed by atoms with Crippen molar-refractivity contribution in [2.75, 3.05) is 18.5 Å². The number of hydrogen-bond donors (Lipinski definition) is 2. The second kappa shape index (κ2) is 8.26. The summed E-state index contributed by atoms with van der Waals surface area (Å²) in [6.07, 6.45) is 7.64. The normalized spacial score (nSPS) is 23.7. The van der Waals surface area contributed by atoms with Crippen LogP contribution >= 0.6 is 0 Å². The first-order valence-electron chi connectivity index (χ1n) is 10.2. The van der Waals surface area contributed by atoms with Crippen LogP contribution in [-0.2, 0) is 23.0 Å². The number of nitrogens with zero attached hydrogens (tertiary/aromatic N) is 4. The highest BCUT2D eigenvalue weighted by Gasteiger charge is 2.32. The molecule has 1 aliphatic carbocycles. The largest absolute Gasteiger partial charge is 0.449 e. The van der Waals surface area contributed by atoms with Crippen LogP contribution in [0, 0.1) is 5.92 Å². The summed E-state index contributed by atoms with van der Waals surface area (Å²) in [5.41, 5.74) is 1.88. The molecule has 29 heavy (non-hydrogen) atoms. The Morgan fingerprint density at radius 2 is 2.21 bits per heavy atom. The zero-order chi connectivity index (χ0) is 20.4. The summed E-state index contributed by atoms with van der Waals surface area (Å²) >= 11 is 0. The van der Waals surface area contributed by atoms with Crippen LogP contribution in [-0.4, -0.2) is 56.1 Å². The molecule has 0 unspecified atom stereocenters. The molecule has 9 heteroatoms. The number of carbonyl (C=O) groups is 2. The molecule has 2 aromatic rings. The van der Waals surface area contributed by atoms with E-state index in [4.69, 9.17) is 4.74 Å². The third-order valence-electron chi connectivity index (χ3n) is 5.97. The minimum atomic E-state index is -0.188. The average molecular weight is 400 g/mol. The molecule has 0 bridgehead atoms. The smallest absolute Gasteiger partial charge is 0.410 e. The summed E-state index contributed by atoms with van der Waals surface area (Å²) in [6, 6.07) is 2.21. The number of nitrogens with one attached hydrogen (secondary N) is 2. The van der Waals surface area contributed by atoms with Crippen molar-refractivity contribution in [2.24, 2.45) is 13.0 Å². The quantitative estimate of drug-likeness (QED) is 0.775. The number of aromatic amines is 1. The van der Waals surface area contributed by atoms with Gasteiger partial charge in [0.1, 0.15) is 0 Å². The predicted octanol–water partition coefficient (Wildman–Crippen LogP) is 2.44. The van der Waals surface area contributed by atoms with Crippen molar-refractivity contribution in [1.29, 1.82) is 0 Å². The number of aryl methyl sites for hydroxylation is 1. The third-order valence-corrected chi connectivity index (χ3v) is 5.97. The van der Waals surface area contributed by atoms with Crippen LogP contribution < -0.4 is 5.32 Å². The molecule has 3 atom stereocenters. The summed E-state index contributed by atoms with van der Waals surface area (Å²) in [5.74, 6) is 1.13. The predicted molar refractivity (Wildman–Crippen MR) is 106 cm³/mol. The highest BCUT2D eigenvalue weighted by atomic mass is 16.6. The van der Waals surface area contributed by atoms with Crippen LogP contribution in [0.4, 0.5) is 10.6 Å². The molecule has 2 amide bonds. The molecule has 0 aromatic carbocycles. The number of amides is 2. The Bertz CT molecular complexity index is 875. The Kier molecular flexibility index (Phi) is 5.55. The molecule has 0 spiro atoms. The third kappa shape index (κ3) is 4.60. The second-order valence-corrected chi connectivity index (χ2v) is 8.24. The van der Waals surface area contributed by atoms with Crippen LogP contribution in [0.25, 0.3) is 0 Å². The summed E-state index contributed by atoms with van der Waals surface area (Å²) < 4.78 is 7.17. The maximum atomic E-state index is 12.2. The van der Waals surface area contributed by atoms with E-state index in [9.17, 15) is 9.59 Å². The number of anilines is 1. The van der Waals surface area contributed by atoms with Crippen molar-refractivity contribution in [2.45, 2.75) is 51.0 Å². The molecule has 1 saturated heterocycles. The fourth-order valence-electron chi connectivity index (χ4n) is 4.11. The van der Waals surface area contributed by atoms with Crippen molar-refractivity contribution in [3.63, 3.8) is 0 Å². The summed E-state index contributed by atoms with van der Waals surface area (Å²) in [7, 11) is 1.82. The van der Waals surface area contributed by atoms with E-state index in [-0.39, 0.29) is 18.4 Å². The first kappa shape index (κ1) is 19.5. The van der Waals surface area contributed by atoms with E-state index in [1.807, 2.05) is 26.2 Å². The lowest BCUT2D eigenvalue weighted by Crippen LogP contribution is -2.49. The Hall–Kier alpha value is -2.84. The topological polar surface area (TPSA) is 105 Å². The van der Waals surface area contributed by atoms with Crippen molar-refractivity contribution >= 4 is 17.8 Å². The monoisotopic (exact) mass is 400 g/mol. The molecular formula is C20H28N6O3. The minimum absolute atomic E-state index is 0.118. The Labute approximate surface area is 169 Å². The van der Waals surface area contributed by atoms with Crippen molar-refractivity contribution in [3.05, 3.63) is 29.7 Å². The number of hydrogen-bond acceptors (Lipinski definition) is 5. The number of likely N-dealkylation sites (tertiary alicyclic amines) is 1. The number of rotatable bonds is 6. The molecule has 2 aromatic heterocycles. The van der Waals surface area contributed by atoms with Gasteiger partial charge >= 0.3 is 6.09 Å². The van der Waals surface area contributed by atoms with Gasteiger partial charge in [-0.05, 0) is 44.1 Å². The van der Waals surface area contributed by atoms with E-state index in [1.54, 1.807) is 15.8 Å². The maximum absolute atomic E-state index is 12.2. The SMILES string of the molecule is C[C@@H]1CCN1C(=O)OC[C@@H]1CC[C@H](c2cc(NC(=O)Cc3cnn(C)c3)n[nH]2)C1. The first-order valence-corrected chi connectivity index (χ1v) is 10.2. The molecule has 2 aliphatic rings. The molecule has 2 N–H and O–H groups in total. The van der Waals surface area contributed by atoms with Gasteiger partial charge in [0.2, 0.25) is 5.91 Å². The molecule has 156 valence electrons. The van der Waals surface area contributed by atoms with Gasteiger partial charge in [-0.2, -0.15) is 10.2 Å². The number of carbonyl (C=O) groups excluding carboxylic acids is 2. The van der Waals surface area contributed by atoms with Gasteiger partial charge in [0.05, 0.1) is 19.2 Å². The van der Waals surface area contributed by atoms with Crippen LogP contribution in [0.2, 0.25) is 0 Å². The lowest BCUT2D eigenvalue weighted by molar-refractivity contribution is -0.115. The van der Waals surface area contributed by atoms with E-state index >= 15 is 0 Å². The summed E-state index contributed by atoms with van der Waals surface area (Å²) in [4.78, 5) is 26.0. The van der Waals surface area contributed by atoms with Gasteiger partial charge in [-0.25, -0.2) is 4.79 Å². The molecule has 2 fully saturated rings.